The van der Waals surface area contributed by atoms with Crippen molar-refractivity contribution in [2.75, 3.05) is 13.1 Å². The minimum Gasteiger partial charge on any atom is -0.334 e. The van der Waals surface area contributed by atoms with Crippen LogP contribution in [0.4, 0.5) is 0 Å². The first kappa shape index (κ1) is 8.75. The van der Waals surface area contributed by atoms with Gasteiger partial charge in [-0.2, -0.15) is 0 Å². The highest BCUT2D eigenvalue weighted by Gasteiger charge is 2.13. The Morgan fingerprint density at radius 1 is 1.38 bits per heavy atom. The van der Waals surface area contributed by atoms with Crippen LogP contribution in [0.15, 0.2) is 12.4 Å². The van der Waals surface area contributed by atoms with Crippen molar-refractivity contribution in [3.05, 3.63) is 18.2 Å². The van der Waals surface area contributed by atoms with Gasteiger partial charge in [-0.25, -0.2) is 4.98 Å². The van der Waals surface area contributed by atoms with E-state index in [9.17, 15) is 0 Å². The fraction of sp³-hybridized carbons (Fsp3) is 0.700. The summed E-state index contributed by atoms with van der Waals surface area (Å²) in [4.78, 5) is 6.85. The van der Waals surface area contributed by atoms with Crippen molar-refractivity contribution in [1.82, 2.24) is 14.5 Å². The molecule has 0 spiro atoms. The summed E-state index contributed by atoms with van der Waals surface area (Å²) in [5, 5.41) is 0. The third-order valence-electron chi connectivity index (χ3n) is 2.71. The lowest BCUT2D eigenvalue weighted by Gasteiger charge is -2.14. The normalized spacial score (nSPS) is 18.2. The molecule has 0 amide bonds. The van der Waals surface area contributed by atoms with Gasteiger partial charge in [-0.05, 0) is 32.9 Å². The number of likely N-dealkylation sites (tertiary alicyclic amines) is 1. The van der Waals surface area contributed by atoms with Crippen molar-refractivity contribution >= 4 is 0 Å². The van der Waals surface area contributed by atoms with E-state index in [1.54, 1.807) is 0 Å². The summed E-state index contributed by atoms with van der Waals surface area (Å²) in [6.07, 6.45) is 6.67. The Bertz CT molecular complexity index is 261. The second-order valence-corrected chi connectivity index (χ2v) is 3.61. The monoisotopic (exact) mass is 179 g/mol. The number of aromatic nitrogens is 2. The van der Waals surface area contributed by atoms with E-state index in [2.05, 4.69) is 27.6 Å². The highest BCUT2D eigenvalue weighted by Crippen LogP contribution is 2.11. The Kier molecular flexibility index (Phi) is 2.64. The van der Waals surface area contributed by atoms with Gasteiger partial charge >= 0.3 is 0 Å². The Morgan fingerprint density at radius 3 is 2.85 bits per heavy atom. The average molecular weight is 179 g/mol. The second-order valence-electron chi connectivity index (χ2n) is 3.61. The van der Waals surface area contributed by atoms with Crippen LogP contribution in [0.5, 0.6) is 0 Å². The molecule has 0 radical (unpaired) electrons. The molecule has 3 heteroatoms. The molecule has 0 N–H and O–H groups in total. The van der Waals surface area contributed by atoms with Crippen molar-refractivity contribution in [3.63, 3.8) is 0 Å². The summed E-state index contributed by atoms with van der Waals surface area (Å²) in [7, 11) is 0. The van der Waals surface area contributed by atoms with Crippen LogP contribution in [0.25, 0.3) is 0 Å². The quantitative estimate of drug-likeness (QED) is 0.701. The number of hydrogen-bond acceptors (Lipinski definition) is 2. The van der Waals surface area contributed by atoms with Crippen LogP contribution >= 0.6 is 0 Å². The summed E-state index contributed by atoms with van der Waals surface area (Å²) < 4.78 is 2.22. The Balaban J connectivity index is 1.99. The van der Waals surface area contributed by atoms with Crippen LogP contribution in [0, 0.1) is 0 Å². The van der Waals surface area contributed by atoms with Gasteiger partial charge in [0.2, 0.25) is 0 Å². The maximum atomic E-state index is 4.37. The van der Waals surface area contributed by atoms with E-state index in [-0.39, 0.29) is 0 Å². The molecule has 0 bridgehead atoms. The van der Waals surface area contributed by atoms with Gasteiger partial charge in [-0.1, -0.05) is 0 Å². The maximum Gasteiger partial charge on any atom is 0.122 e. The van der Waals surface area contributed by atoms with Crippen LogP contribution in [-0.2, 0) is 13.1 Å². The van der Waals surface area contributed by atoms with E-state index in [1.807, 2.05) is 6.20 Å². The van der Waals surface area contributed by atoms with Crippen LogP contribution < -0.4 is 0 Å². The minimum absolute atomic E-state index is 1.03. The van der Waals surface area contributed by atoms with E-state index in [4.69, 9.17) is 0 Å². The zero-order valence-electron chi connectivity index (χ0n) is 8.24. The molecule has 0 aliphatic carbocycles. The first-order valence-corrected chi connectivity index (χ1v) is 5.12. The van der Waals surface area contributed by atoms with E-state index in [0.29, 0.717) is 0 Å². The van der Waals surface area contributed by atoms with Gasteiger partial charge in [0, 0.05) is 18.9 Å². The van der Waals surface area contributed by atoms with Crippen LogP contribution in [-0.4, -0.2) is 27.5 Å². The summed E-state index contributed by atoms with van der Waals surface area (Å²) in [5.74, 6) is 1.21. The molecule has 2 rings (SSSR count). The highest BCUT2D eigenvalue weighted by atomic mass is 15.2. The predicted octanol–water partition coefficient (Wildman–Crippen LogP) is 1.50. The van der Waals surface area contributed by atoms with Gasteiger partial charge in [-0.3, -0.25) is 4.90 Å². The topological polar surface area (TPSA) is 21.1 Å². The molecule has 2 heterocycles. The molecule has 3 nitrogen and oxygen atoms in total. The number of hydrogen-bond donors (Lipinski definition) is 0. The molecule has 72 valence electrons. The molecule has 0 unspecified atom stereocenters. The molecule has 1 aromatic rings. The molecule has 1 aliphatic heterocycles. The van der Waals surface area contributed by atoms with Gasteiger partial charge in [0.05, 0.1) is 6.54 Å². The lowest BCUT2D eigenvalue weighted by molar-refractivity contribution is 0.317. The molecule has 1 aliphatic rings. The third-order valence-corrected chi connectivity index (χ3v) is 2.71. The Hall–Kier alpha value is -0.830. The van der Waals surface area contributed by atoms with Crippen LogP contribution in [0.3, 0.4) is 0 Å². The first-order chi connectivity index (χ1) is 6.40. The largest absolute Gasteiger partial charge is 0.334 e. The van der Waals surface area contributed by atoms with Gasteiger partial charge in [0.25, 0.3) is 0 Å². The zero-order valence-corrected chi connectivity index (χ0v) is 8.24. The van der Waals surface area contributed by atoms with Gasteiger partial charge in [0.1, 0.15) is 5.82 Å². The van der Waals surface area contributed by atoms with Gasteiger partial charge in [0.15, 0.2) is 0 Å². The van der Waals surface area contributed by atoms with Crippen molar-refractivity contribution in [1.29, 1.82) is 0 Å². The maximum absolute atomic E-state index is 4.37. The van der Waals surface area contributed by atoms with Crippen molar-refractivity contribution in [3.8, 4) is 0 Å². The zero-order chi connectivity index (χ0) is 9.10. The van der Waals surface area contributed by atoms with Gasteiger partial charge < -0.3 is 4.57 Å². The van der Waals surface area contributed by atoms with Crippen molar-refractivity contribution < 1.29 is 0 Å². The summed E-state index contributed by atoms with van der Waals surface area (Å²) >= 11 is 0. The Morgan fingerprint density at radius 2 is 2.15 bits per heavy atom. The molecular formula is C10H17N3. The number of nitrogens with zero attached hydrogens (tertiary/aromatic N) is 3. The lowest BCUT2D eigenvalue weighted by Crippen LogP contribution is -2.21. The van der Waals surface area contributed by atoms with Crippen LogP contribution in [0.2, 0.25) is 0 Å². The van der Waals surface area contributed by atoms with Crippen LogP contribution in [0.1, 0.15) is 25.6 Å². The smallest absolute Gasteiger partial charge is 0.122 e. The van der Waals surface area contributed by atoms with E-state index in [0.717, 1.165) is 13.1 Å². The fourth-order valence-corrected chi connectivity index (χ4v) is 1.92. The molecule has 1 fully saturated rings. The van der Waals surface area contributed by atoms with E-state index in [1.165, 1.54) is 31.8 Å². The number of imidazole rings is 1. The lowest BCUT2D eigenvalue weighted by atomic mass is 10.4. The molecule has 1 aromatic heterocycles. The molecular weight excluding hydrogens is 162 g/mol. The number of rotatable bonds is 3. The average Bonchev–Trinajstić information content (AvgIpc) is 2.76. The predicted molar refractivity (Wildman–Crippen MR) is 52.4 cm³/mol. The van der Waals surface area contributed by atoms with Gasteiger partial charge in [-0.15, -0.1) is 0 Å². The summed E-state index contributed by atoms with van der Waals surface area (Å²) in [5.41, 5.74) is 0. The van der Waals surface area contributed by atoms with Crippen molar-refractivity contribution in [2.24, 2.45) is 0 Å². The number of aryl methyl sites for hydroxylation is 1. The highest BCUT2D eigenvalue weighted by molar-refractivity contribution is 4.92. The standard InChI is InChI=1S/C10H17N3/c1-2-13-8-5-11-10(13)9-12-6-3-4-7-12/h5,8H,2-4,6-7,9H2,1H3. The first-order valence-electron chi connectivity index (χ1n) is 5.12. The SMILES string of the molecule is CCn1ccnc1CN1CCCC1. The Labute approximate surface area is 79.4 Å². The molecule has 0 aromatic carbocycles. The second kappa shape index (κ2) is 3.92. The van der Waals surface area contributed by atoms with E-state index < -0.39 is 0 Å². The molecule has 13 heavy (non-hydrogen) atoms. The molecule has 0 atom stereocenters. The third kappa shape index (κ3) is 1.91. The fourth-order valence-electron chi connectivity index (χ4n) is 1.92. The van der Waals surface area contributed by atoms with E-state index >= 15 is 0 Å². The molecule has 0 saturated carbocycles. The van der Waals surface area contributed by atoms with Crippen molar-refractivity contribution in [2.45, 2.75) is 32.9 Å². The summed E-state index contributed by atoms with van der Waals surface area (Å²) in [6.45, 7) is 6.71. The summed E-state index contributed by atoms with van der Waals surface area (Å²) in [6, 6.07) is 0. The minimum atomic E-state index is 1.03. The molecule has 1 saturated heterocycles.